The number of nitrogens with two attached hydrogens (primary N) is 1. The summed E-state index contributed by atoms with van der Waals surface area (Å²) in [5.41, 5.74) is 0.761. The molecule has 0 fully saturated rings. The van der Waals surface area contributed by atoms with Gasteiger partial charge in [0.1, 0.15) is 6.54 Å². The van der Waals surface area contributed by atoms with Crippen LogP contribution in [0.25, 0.3) is 0 Å². The maximum atomic E-state index is 11.3. The van der Waals surface area contributed by atoms with Crippen molar-refractivity contribution in [1.29, 1.82) is 0 Å². The van der Waals surface area contributed by atoms with E-state index in [0.717, 1.165) is 5.56 Å². The second-order valence-electron chi connectivity index (χ2n) is 4.40. The Hall–Kier alpha value is -2.24. The molecule has 1 amide bonds. The Bertz CT molecular complexity index is 688. The number of benzene rings is 1. The van der Waals surface area contributed by atoms with E-state index in [1.807, 2.05) is 0 Å². The maximum absolute atomic E-state index is 11.3. The van der Waals surface area contributed by atoms with Gasteiger partial charge < -0.3 is 21.1 Å². The standard InChI is InChI=1S/C12H16N4O5S2/c13-23(20,21)9-3-1-8(2-4-9)5-15-12(22)16-6-10(17)14-7-11(18)19/h1-4H,5-7H2,(H,14,17)(H,18,19)(H2,13,20,21)(H2,15,16,22). The molecule has 11 heteroatoms. The fourth-order valence-electron chi connectivity index (χ4n) is 1.44. The van der Waals surface area contributed by atoms with Crippen LogP contribution in [0.1, 0.15) is 5.56 Å². The second-order valence-corrected chi connectivity index (χ2v) is 6.37. The Balaban J connectivity index is 2.36. The molecule has 0 bridgehead atoms. The zero-order valence-electron chi connectivity index (χ0n) is 11.9. The highest BCUT2D eigenvalue weighted by molar-refractivity contribution is 7.89. The number of rotatable bonds is 7. The maximum Gasteiger partial charge on any atom is 0.322 e. The van der Waals surface area contributed by atoms with Crippen LogP contribution < -0.4 is 21.1 Å². The third-order valence-electron chi connectivity index (χ3n) is 2.55. The van der Waals surface area contributed by atoms with Crippen LogP contribution in [-0.2, 0) is 26.2 Å². The molecular formula is C12H16N4O5S2. The van der Waals surface area contributed by atoms with Gasteiger partial charge in [0.2, 0.25) is 15.9 Å². The van der Waals surface area contributed by atoms with Gasteiger partial charge in [-0.2, -0.15) is 0 Å². The molecule has 0 aliphatic heterocycles. The summed E-state index contributed by atoms with van der Waals surface area (Å²) in [5.74, 6) is -1.64. The number of hydrogen-bond acceptors (Lipinski definition) is 5. The number of sulfonamides is 1. The van der Waals surface area contributed by atoms with Gasteiger partial charge in [-0.25, -0.2) is 13.6 Å². The van der Waals surface area contributed by atoms with E-state index in [2.05, 4.69) is 16.0 Å². The van der Waals surface area contributed by atoms with Crippen molar-refractivity contribution < 1.29 is 23.1 Å². The summed E-state index contributed by atoms with van der Waals surface area (Å²) in [5, 5.41) is 21.2. The van der Waals surface area contributed by atoms with E-state index in [-0.39, 0.29) is 16.6 Å². The first kappa shape index (κ1) is 18.8. The third-order valence-corrected chi connectivity index (χ3v) is 3.77. The lowest BCUT2D eigenvalue weighted by atomic mass is 10.2. The largest absolute Gasteiger partial charge is 0.480 e. The summed E-state index contributed by atoms with van der Waals surface area (Å²) in [6.45, 7) is -0.311. The van der Waals surface area contributed by atoms with Gasteiger partial charge in [-0.1, -0.05) is 12.1 Å². The van der Waals surface area contributed by atoms with E-state index in [4.69, 9.17) is 22.5 Å². The molecule has 0 saturated carbocycles. The van der Waals surface area contributed by atoms with Crippen molar-refractivity contribution >= 4 is 39.2 Å². The van der Waals surface area contributed by atoms with Crippen molar-refractivity contribution in [3.05, 3.63) is 29.8 Å². The van der Waals surface area contributed by atoms with Gasteiger partial charge >= 0.3 is 5.97 Å². The molecule has 0 spiro atoms. The zero-order chi connectivity index (χ0) is 17.5. The number of aliphatic carboxylic acids is 1. The van der Waals surface area contributed by atoms with Crippen molar-refractivity contribution in [2.24, 2.45) is 5.14 Å². The van der Waals surface area contributed by atoms with Crippen LogP contribution in [0.3, 0.4) is 0 Å². The molecule has 0 radical (unpaired) electrons. The molecule has 0 aliphatic rings. The molecule has 0 unspecified atom stereocenters. The molecule has 0 saturated heterocycles. The number of amides is 1. The molecule has 9 nitrogen and oxygen atoms in total. The van der Waals surface area contributed by atoms with Gasteiger partial charge in [0, 0.05) is 6.54 Å². The number of carbonyl (C=O) groups excluding carboxylic acids is 1. The Morgan fingerprint density at radius 3 is 2.22 bits per heavy atom. The van der Waals surface area contributed by atoms with Gasteiger partial charge in [0.15, 0.2) is 5.11 Å². The minimum Gasteiger partial charge on any atom is -0.480 e. The van der Waals surface area contributed by atoms with Gasteiger partial charge in [-0.05, 0) is 29.9 Å². The smallest absolute Gasteiger partial charge is 0.322 e. The number of thiocarbonyl (C=S) groups is 1. The number of carbonyl (C=O) groups is 2. The van der Waals surface area contributed by atoms with Crippen LogP contribution in [0.2, 0.25) is 0 Å². The molecule has 0 aliphatic carbocycles. The minimum atomic E-state index is -3.73. The molecular weight excluding hydrogens is 344 g/mol. The van der Waals surface area contributed by atoms with Crippen molar-refractivity contribution in [3.63, 3.8) is 0 Å². The number of primary sulfonamides is 1. The highest BCUT2D eigenvalue weighted by Crippen LogP contribution is 2.08. The van der Waals surface area contributed by atoms with Gasteiger partial charge in [0.05, 0.1) is 11.4 Å². The van der Waals surface area contributed by atoms with E-state index in [9.17, 15) is 18.0 Å². The summed E-state index contributed by atoms with van der Waals surface area (Å²) in [6, 6.07) is 5.91. The topological polar surface area (TPSA) is 151 Å². The van der Waals surface area contributed by atoms with E-state index in [1.165, 1.54) is 12.1 Å². The van der Waals surface area contributed by atoms with E-state index < -0.39 is 28.4 Å². The Kier molecular flexibility index (Phi) is 6.88. The predicted molar refractivity (Wildman–Crippen MR) is 85.9 cm³/mol. The van der Waals surface area contributed by atoms with Crippen molar-refractivity contribution in [3.8, 4) is 0 Å². The normalized spacial score (nSPS) is 10.7. The zero-order valence-corrected chi connectivity index (χ0v) is 13.5. The molecule has 0 aromatic heterocycles. The number of nitrogens with one attached hydrogen (secondary N) is 3. The number of carboxylic acids is 1. The minimum absolute atomic E-state index is 0.0112. The van der Waals surface area contributed by atoms with Crippen LogP contribution in [0.15, 0.2) is 29.2 Å². The first-order valence-corrected chi connectivity index (χ1v) is 8.26. The summed E-state index contributed by atoms with van der Waals surface area (Å²) < 4.78 is 22.2. The monoisotopic (exact) mass is 360 g/mol. The van der Waals surface area contributed by atoms with E-state index >= 15 is 0 Å². The fraction of sp³-hybridized carbons (Fsp3) is 0.250. The van der Waals surface area contributed by atoms with Crippen molar-refractivity contribution in [2.75, 3.05) is 13.1 Å². The average molecular weight is 360 g/mol. The van der Waals surface area contributed by atoms with Crippen LogP contribution in [0.5, 0.6) is 0 Å². The number of carboxylic acid groups (broad SMARTS) is 1. The molecule has 6 N–H and O–H groups in total. The van der Waals surface area contributed by atoms with Crippen LogP contribution >= 0.6 is 12.2 Å². The second kappa shape index (κ2) is 8.41. The van der Waals surface area contributed by atoms with Crippen molar-refractivity contribution in [2.45, 2.75) is 11.4 Å². The summed E-state index contributed by atoms with van der Waals surface area (Å²) in [6.07, 6.45) is 0. The van der Waals surface area contributed by atoms with Crippen molar-refractivity contribution in [1.82, 2.24) is 16.0 Å². The van der Waals surface area contributed by atoms with Crippen LogP contribution in [0, 0.1) is 0 Å². The average Bonchev–Trinajstić information content (AvgIpc) is 2.48. The lowest BCUT2D eigenvalue weighted by Gasteiger charge is -2.10. The first-order chi connectivity index (χ1) is 10.7. The van der Waals surface area contributed by atoms with Crippen LogP contribution in [-0.4, -0.2) is 43.6 Å². The molecule has 1 aromatic rings. The predicted octanol–water partition coefficient (Wildman–Crippen LogP) is -1.50. The number of hydrogen-bond donors (Lipinski definition) is 5. The quantitative estimate of drug-likeness (QED) is 0.369. The summed E-state index contributed by atoms with van der Waals surface area (Å²) in [4.78, 5) is 21.5. The Morgan fingerprint density at radius 1 is 1.09 bits per heavy atom. The summed E-state index contributed by atoms with van der Waals surface area (Å²) in [7, 11) is -3.73. The van der Waals surface area contributed by atoms with Gasteiger partial charge in [-0.15, -0.1) is 0 Å². The van der Waals surface area contributed by atoms with E-state index in [1.54, 1.807) is 12.1 Å². The lowest BCUT2D eigenvalue weighted by molar-refractivity contribution is -0.137. The molecule has 1 aromatic carbocycles. The highest BCUT2D eigenvalue weighted by atomic mass is 32.2. The lowest BCUT2D eigenvalue weighted by Crippen LogP contribution is -2.42. The fourth-order valence-corrected chi connectivity index (χ4v) is 2.10. The Labute approximate surface area is 138 Å². The molecule has 1 rings (SSSR count). The third kappa shape index (κ3) is 7.54. The SMILES string of the molecule is NS(=O)(=O)c1ccc(CNC(=S)NCC(=O)NCC(=O)O)cc1. The van der Waals surface area contributed by atoms with Gasteiger partial charge in [0.25, 0.3) is 0 Å². The first-order valence-electron chi connectivity index (χ1n) is 6.30. The van der Waals surface area contributed by atoms with E-state index in [0.29, 0.717) is 6.54 Å². The highest BCUT2D eigenvalue weighted by Gasteiger charge is 2.07. The molecule has 0 heterocycles. The van der Waals surface area contributed by atoms with Crippen LogP contribution in [0.4, 0.5) is 0 Å². The molecule has 0 atom stereocenters. The van der Waals surface area contributed by atoms with Gasteiger partial charge in [-0.3, -0.25) is 9.59 Å². The summed E-state index contributed by atoms with van der Waals surface area (Å²) >= 11 is 4.96. The molecule has 126 valence electrons. The molecule has 23 heavy (non-hydrogen) atoms. The Morgan fingerprint density at radius 2 is 1.70 bits per heavy atom.